The summed E-state index contributed by atoms with van der Waals surface area (Å²) in [7, 11) is 0. The first kappa shape index (κ1) is 22.6. The van der Waals surface area contributed by atoms with Crippen LogP contribution >= 0.6 is 11.6 Å². The maximum atomic E-state index is 12.6. The molecule has 0 saturated carbocycles. The molecular formula is C21H20ClF3N4O2. The maximum Gasteiger partial charge on any atom is 0.573 e. The Morgan fingerprint density at radius 2 is 1.77 bits per heavy atom. The van der Waals surface area contributed by atoms with Gasteiger partial charge < -0.3 is 20.5 Å². The van der Waals surface area contributed by atoms with Crippen molar-refractivity contribution in [3.05, 3.63) is 65.2 Å². The van der Waals surface area contributed by atoms with Gasteiger partial charge in [-0.2, -0.15) is 4.98 Å². The molecule has 6 nitrogen and oxygen atoms in total. The number of aliphatic hydroxyl groups is 1. The second-order valence-electron chi connectivity index (χ2n) is 6.52. The van der Waals surface area contributed by atoms with E-state index in [0.717, 1.165) is 5.56 Å². The largest absolute Gasteiger partial charge is 0.573 e. The molecule has 0 radical (unpaired) electrons. The van der Waals surface area contributed by atoms with E-state index in [1.165, 1.54) is 18.2 Å². The Morgan fingerprint density at radius 3 is 2.48 bits per heavy atom. The van der Waals surface area contributed by atoms with Crippen molar-refractivity contribution in [2.45, 2.75) is 19.3 Å². The minimum atomic E-state index is -4.79. The summed E-state index contributed by atoms with van der Waals surface area (Å²) in [5, 5.41) is 15.8. The van der Waals surface area contributed by atoms with Gasteiger partial charge in [0.2, 0.25) is 5.95 Å². The first-order chi connectivity index (χ1) is 14.8. The highest BCUT2D eigenvalue weighted by Crippen LogP contribution is 2.28. The third-order valence-electron chi connectivity index (χ3n) is 4.09. The van der Waals surface area contributed by atoms with Gasteiger partial charge in [-0.05, 0) is 36.2 Å². The fourth-order valence-electron chi connectivity index (χ4n) is 2.69. The highest BCUT2D eigenvalue weighted by Gasteiger charge is 2.31. The van der Waals surface area contributed by atoms with Crippen LogP contribution < -0.4 is 15.4 Å². The topological polar surface area (TPSA) is 79.3 Å². The van der Waals surface area contributed by atoms with E-state index in [1.54, 1.807) is 24.3 Å². The molecule has 2 aromatic carbocycles. The number of aliphatic hydroxyl groups excluding tert-OH is 1. The van der Waals surface area contributed by atoms with Gasteiger partial charge in [0.15, 0.2) is 0 Å². The molecule has 3 rings (SSSR count). The summed E-state index contributed by atoms with van der Waals surface area (Å²) in [6.07, 6.45) is -4.29. The molecule has 164 valence electrons. The Bertz CT molecular complexity index is 1000. The average molecular weight is 453 g/mol. The van der Waals surface area contributed by atoms with Crippen molar-refractivity contribution < 1.29 is 23.0 Å². The number of alkyl halides is 3. The predicted molar refractivity (Wildman–Crippen MR) is 113 cm³/mol. The summed E-state index contributed by atoms with van der Waals surface area (Å²) in [5.41, 5.74) is 1.82. The smallest absolute Gasteiger partial charge is 0.406 e. The number of ether oxygens (including phenoxy) is 1. The number of rotatable bonds is 9. The van der Waals surface area contributed by atoms with E-state index in [-0.39, 0.29) is 18.3 Å². The first-order valence-corrected chi connectivity index (χ1v) is 9.78. The van der Waals surface area contributed by atoms with E-state index in [2.05, 4.69) is 25.3 Å². The summed E-state index contributed by atoms with van der Waals surface area (Å²) in [5.74, 6) is 0.425. The van der Waals surface area contributed by atoms with E-state index >= 15 is 0 Å². The SMILES string of the molecule is OCCCNc1nc(NCc2ccc(Cl)cc2)cc(-c2cccc(OC(F)(F)F)c2)n1. The first-order valence-electron chi connectivity index (χ1n) is 9.41. The van der Waals surface area contributed by atoms with Crippen LogP contribution in [0.15, 0.2) is 54.6 Å². The lowest BCUT2D eigenvalue weighted by Gasteiger charge is -2.13. The molecule has 0 fully saturated rings. The number of nitrogens with zero attached hydrogens (tertiary/aromatic N) is 2. The van der Waals surface area contributed by atoms with Gasteiger partial charge >= 0.3 is 6.36 Å². The average Bonchev–Trinajstić information content (AvgIpc) is 2.72. The Kier molecular flexibility index (Phi) is 7.54. The Morgan fingerprint density at radius 1 is 1.00 bits per heavy atom. The normalized spacial score (nSPS) is 11.3. The lowest BCUT2D eigenvalue weighted by molar-refractivity contribution is -0.274. The standard InChI is InChI=1S/C21H20ClF3N4O2/c22-16-7-5-14(6-8-16)13-27-19-12-18(28-20(29-19)26-9-2-10-30)15-3-1-4-17(11-15)31-21(23,24)25/h1,3-8,11-12,30H,2,9-10,13H2,(H2,26,27,28,29). The van der Waals surface area contributed by atoms with Crippen LogP contribution in [0.1, 0.15) is 12.0 Å². The lowest BCUT2D eigenvalue weighted by atomic mass is 10.1. The monoisotopic (exact) mass is 452 g/mol. The van der Waals surface area contributed by atoms with Crippen LogP contribution in [0.5, 0.6) is 5.75 Å². The second kappa shape index (κ2) is 10.3. The van der Waals surface area contributed by atoms with Crippen LogP contribution in [0.25, 0.3) is 11.3 Å². The molecule has 3 N–H and O–H groups in total. The zero-order chi connectivity index (χ0) is 22.3. The van der Waals surface area contributed by atoms with Crippen LogP contribution in [0.3, 0.4) is 0 Å². The van der Waals surface area contributed by atoms with Gasteiger partial charge in [-0.15, -0.1) is 13.2 Å². The Labute approximate surface area is 182 Å². The molecule has 0 unspecified atom stereocenters. The minimum absolute atomic E-state index is 0.00515. The molecule has 0 spiro atoms. The zero-order valence-corrected chi connectivity index (χ0v) is 17.0. The van der Waals surface area contributed by atoms with E-state index in [9.17, 15) is 13.2 Å². The molecule has 0 amide bonds. The third-order valence-corrected chi connectivity index (χ3v) is 4.35. The summed E-state index contributed by atoms with van der Waals surface area (Å²) >= 11 is 5.90. The fourth-order valence-corrected chi connectivity index (χ4v) is 2.82. The molecule has 0 atom stereocenters. The number of nitrogens with one attached hydrogen (secondary N) is 2. The quantitative estimate of drug-likeness (QED) is 0.392. The van der Waals surface area contributed by atoms with Gasteiger partial charge in [0.25, 0.3) is 0 Å². The molecule has 10 heteroatoms. The highest BCUT2D eigenvalue weighted by atomic mass is 35.5. The number of benzene rings is 2. The van der Waals surface area contributed by atoms with Crippen molar-refractivity contribution in [1.82, 2.24) is 9.97 Å². The molecule has 0 saturated heterocycles. The van der Waals surface area contributed by atoms with Crippen molar-refractivity contribution >= 4 is 23.4 Å². The van der Waals surface area contributed by atoms with E-state index in [4.69, 9.17) is 16.7 Å². The summed E-state index contributed by atoms with van der Waals surface area (Å²) in [4.78, 5) is 8.77. The summed E-state index contributed by atoms with van der Waals surface area (Å²) in [6, 6.07) is 14.5. The molecule has 3 aromatic rings. The van der Waals surface area contributed by atoms with E-state index < -0.39 is 6.36 Å². The van der Waals surface area contributed by atoms with Gasteiger partial charge in [0.05, 0.1) is 5.69 Å². The van der Waals surface area contributed by atoms with Crippen molar-refractivity contribution in [3.8, 4) is 17.0 Å². The molecule has 0 aliphatic rings. The number of hydrogen-bond donors (Lipinski definition) is 3. The van der Waals surface area contributed by atoms with Gasteiger partial charge in [0, 0.05) is 36.3 Å². The van der Waals surface area contributed by atoms with Crippen LogP contribution in [0.2, 0.25) is 5.02 Å². The highest BCUT2D eigenvalue weighted by molar-refractivity contribution is 6.30. The van der Waals surface area contributed by atoms with E-state index in [1.807, 2.05) is 12.1 Å². The summed E-state index contributed by atoms with van der Waals surface area (Å²) < 4.78 is 41.7. The molecule has 0 bridgehead atoms. The predicted octanol–water partition coefficient (Wildman–Crippen LogP) is 5.10. The fraction of sp³-hybridized carbons (Fsp3) is 0.238. The number of aromatic nitrogens is 2. The Balaban J connectivity index is 1.86. The molecule has 0 aliphatic heterocycles. The van der Waals surface area contributed by atoms with Gasteiger partial charge in [0.1, 0.15) is 11.6 Å². The van der Waals surface area contributed by atoms with Crippen LogP contribution in [-0.2, 0) is 6.54 Å². The zero-order valence-electron chi connectivity index (χ0n) is 16.3. The van der Waals surface area contributed by atoms with Crippen LogP contribution in [-0.4, -0.2) is 34.6 Å². The second-order valence-corrected chi connectivity index (χ2v) is 6.96. The van der Waals surface area contributed by atoms with Gasteiger partial charge in [-0.3, -0.25) is 0 Å². The molecule has 31 heavy (non-hydrogen) atoms. The maximum absolute atomic E-state index is 12.6. The molecule has 1 aromatic heterocycles. The minimum Gasteiger partial charge on any atom is -0.406 e. The number of hydrogen-bond acceptors (Lipinski definition) is 6. The van der Waals surface area contributed by atoms with Crippen molar-refractivity contribution in [2.24, 2.45) is 0 Å². The van der Waals surface area contributed by atoms with Crippen LogP contribution in [0.4, 0.5) is 24.9 Å². The molecule has 0 aliphatic carbocycles. The Hall–Kier alpha value is -3.04. The third kappa shape index (κ3) is 7.30. The van der Waals surface area contributed by atoms with Gasteiger partial charge in [-0.25, -0.2) is 4.98 Å². The van der Waals surface area contributed by atoms with E-state index in [0.29, 0.717) is 41.6 Å². The number of halogens is 4. The van der Waals surface area contributed by atoms with Crippen molar-refractivity contribution in [3.63, 3.8) is 0 Å². The van der Waals surface area contributed by atoms with Crippen molar-refractivity contribution in [2.75, 3.05) is 23.8 Å². The molecule has 1 heterocycles. The lowest BCUT2D eigenvalue weighted by Crippen LogP contribution is -2.17. The van der Waals surface area contributed by atoms with Crippen molar-refractivity contribution in [1.29, 1.82) is 0 Å². The van der Waals surface area contributed by atoms with Gasteiger partial charge in [-0.1, -0.05) is 35.9 Å². The number of anilines is 2. The molecular weight excluding hydrogens is 433 g/mol. The van der Waals surface area contributed by atoms with Crippen LogP contribution in [0, 0.1) is 0 Å². The summed E-state index contributed by atoms with van der Waals surface area (Å²) in [6.45, 7) is 0.903.